The molecular formula is C18H27ClN2O2. The molecule has 4 nitrogen and oxygen atoms in total. The predicted molar refractivity (Wildman–Crippen MR) is 94.1 cm³/mol. The molecular weight excluding hydrogens is 312 g/mol. The molecule has 2 N–H and O–H groups in total. The van der Waals surface area contributed by atoms with E-state index in [1.165, 1.54) is 12.0 Å². The lowest BCUT2D eigenvalue weighted by Crippen LogP contribution is -2.33. The zero-order chi connectivity index (χ0) is 15.5. The normalized spacial score (nSPS) is 26.9. The number of nitrogens with zero attached hydrogens (tertiary/aromatic N) is 1. The number of ether oxygens (including phenoxy) is 1. The molecule has 128 valence electrons. The van der Waals surface area contributed by atoms with Gasteiger partial charge in [0.15, 0.2) is 0 Å². The molecule has 1 amide bonds. The SMILES string of the molecule is COc1ccc(C2CCN(C(=O)C[C@@H]3CCC[C@H]3N)C2)cc1.Cl. The zero-order valence-corrected chi connectivity index (χ0v) is 14.6. The number of nitrogens with two attached hydrogens (primary N) is 1. The second-order valence-electron chi connectivity index (χ2n) is 6.66. The Hall–Kier alpha value is -1.26. The Balaban J connectivity index is 0.00000192. The maximum Gasteiger partial charge on any atom is 0.222 e. The van der Waals surface area contributed by atoms with Crippen molar-refractivity contribution in [2.24, 2.45) is 11.7 Å². The summed E-state index contributed by atoms with van der Waals surface area (Å²) in [6.07, 6.45) is 5.05. The van der Waals surface area contributed by atoms with Crippen molar-refractivity contribution in [2.45, 2.75) is 44.1 Å². The molecule has 1 aliphatic heterocycles. The van der Waals surface area contributed by atoms with Crippen LogP contribution in [-0.4, -0.2) is 37.0 Å². The lowest BCUT2D eigenvalue weighted by Gasteiger charge is -2.21. The molecule has 1 saturated carbocycles. The van der Waals surface area contributed by atoms with Crippen molar-refractivity contribution < 1.29 is 9.53 Å². The maximum absolute atomic E-state index is 12.5. The third kappa shape index (κ3) is 4.18. The van der Waals surface area contributed by atoms with Crippen LogP contribution in [0.5, 0.6) is 5.75 Å². The van der Waals surface area contributed by atoms with Crippen LogP contribution in [0.2, 0.25) is 0 Å². The summed E-state index contributed by atoms with van der Waals surface area (Å²) in [5.41, 5.74) is 7.39. The Morgan fingerprint density at radius 3 is 2.61 bits per heavy atom. The summed E-state index contributed by atoms with van der Waals surface area (Å²) < 4.78 is 5.20. The maximum atomic E-state index is 12.5. The van der Waals surface area contributed by atoms with Crippen molar-refractivity contribution in [3.8, 4) is 5.75 Å². The Kier molecular flexibility index (Phi) is 6.31. The number of hydrogen-bond acceptors (Lipinski definition) is 3. The molecule has 1 unspecified atom stereocenters. The van der Waals surface area contributed by atoms with Gasteiger partial charge in [0.2, 0.25) is 5.91 Å². The van der Waals surface area contributed by atoms with Crippen molar-refractivity contribution in [3.63, 3.8) is 0 Å². The minimum absolute atomic E-state index is 0. The van der Waals surface area contributed by atoms with E-state index in [2.05, 4.69) is 12.1 Å². The summed E-state index contributed by atoms with van der Waals surface area (Å²) in [6, 6.07) is 8.45. The van der Waals surface area contributed by atoms with Crippen LogP contribution in [0.15, 0.2) is 24.3 Å². The van der Waals surface area contributed by atoms with Gasteiger partial charge < -0.3 is 15.4 Å². The number of hydrogen-bond donors (Lipinski definition) is 1. The number of carbonyl (C=O) groups is 1. The predicted octanol–water partition coefficient (Wildman–Crippen LogP) is 2.95. The van der Waals surface area contributed by atoms with Crippen LogP contribution in [0.1, 0.15) is 43.6 Å². The van der Waals surface area contributed by atoms with E-state index in [0.717, 1.165) is 38.1 Å². The van der Waals surface area contributed by atoms with Crippen molar-refractivity contribution in [3.05, 3.63) is 29.8 Å². The molecule has 0 spiro atoms. The van der Waals surface area contributed by atoms with E-state index in [4.69, 9.17) is 10.5 Å². The second kappa shape index (κ2) is 8.02. The summed E-state index contributed by atoms with van der Waals surface area (Å²) in [6.45, 7) is 1.71. The lowest BCUT2D eigenvalue weighted by molar-refractivity contribution is -0.131. The molecule has 0 bridgehead atoms. The molecule has 1 saturated heterocycles. The minimum Gasteiger partial charge on any atom is -0.497 e. The molecule has 1 aromatic rings. The summed E-state index contributed by atoms with van der Waals surface area (Å²) in [5.74, 6) is 2.02. The van der Waals surface area contributed by atoms with Gasteiger partial charge in [-0.1, -0.05) is 18.6 Å². The molecule has 0 aromatic heterocycles. The van der Waals surface area contributed by atoms with Gasteiger partial charge in [0.1, 0.15) is 5.75 Å². The van der Waals surface area contributed by atoms with E-state index in [9.17, 15) is 4.79 Å². The third-order valence-corrected chi connectivity index (χ3v) is 5.28. The van der Waals surface area contributed by atoms with Crippen molar-refractivity contribution in [1.29, 1.82) is 0 Å². The first kappa shape index (κ1) is 18.1. The van der Waals surface area contributed by atoms with Gasteiger partial charge in [0.25, 0.3) is 0 Å². The minimum atomic E-state index is 0. The monoisotopic (exact) mass is 338 g/mol. The van der Waals surface area contributed by atoms with Gasteiger partial charge in [-0.3, -0.25) is 4.79 Å². The fourth-order valence-electron chi connectivity index (χ4n) is 3.81. The first-order valence-electron chi connectivity index (χ1n) is 8.34. The summed E-state index contributed by atoms with van der Waals surface area (Å²) in [7, 11) is 1.68. The largest absolute Gasteiger partial charge is 0.497 e. The molecule has 2 aliphatic rings. The molecule has 3 rings (SSSR count). The van der Waals surface area contributed by atoms with Crippen LogP contribution in [0.4, 0.5) is 0 Å². The highest BCUT2D eigenvalue weighted by atomic mass is 35.5. The molecule has 5 heteroatoms. The second-order valence-corrected chi connectivity index (χ2v) is 6.66. The number of methoxy groups -OCH3 is 1. The molecule has 3 atom stereocenters. The number of amides is 1. The van der Waals surface area contributed by atoms with Crippen LogP contribution in [0, 0.1) is 5.92 Å². The fourth-order valence-corrected chi connectivity index (χ4v) is 3.81. The summed E-state index contributed by atoms with van der Waals surface area (Å²) in [4.78, 5) is 14.5. The first-order valence-corrected chi connectivity index (χ1v) is 8.34. The van der Waals surface area contributed by atoms with E-state index in [-0.39, 0.29) is 18.4 Å². The number of likely N-dealkylation sites (tertiary alicyclic amines) is 1. The van der Waals surface area contributed by atoms with Gasteiger partial charge in [-0.15, -0.1) is 12.4 Å². The molecule has 1 aliphatic carbocycles. The highest BCUT2D eigenvalue weighted by Gasteiger charge is 2.31. The highest BCUT2D eigenvalue weighted by molar-refractivity contribution is 5.85. The topological polar surface area (TPSA) is 55.6 Å². The van der Waals surface area contributed by atoms with Gasteiger partial charge in [-0.25, -0.2) is 0 Å². The van der Waals surface area contributed by atoms with E-state index in [0.29, 0.717) is 24.2 Å². The lowest BCUT2D eigenvalue weighted by atomic mass is 9.98. The van der Waals surface area contributed by atoms with Crippen LogP contribution in [-0.2, 0) is 4.79 Å². The van der Waals surface area contributed by atoms with Crippen LogP contribution >= 0.6 is 12.4 Å². The summed E-state index contributed by atoms with van der Waals surface area (Å²) in [5, 5.41) is 0. The zero-order valence-electron chi connectivity index (χ0n) is 13.7. The first-order chi connectivity index (χ1) is 10.7. The molecule has 1 aromatic carbocycles. The molecule has 1 heterocycles. The van der Waals surface area contributed by atoms with Gasteiger partial charge in [-0.05, 0) is 42.9 Å². The number of benzene rings is 1. The fraction of sp³-hybridized carbons (Fsp3) is 0.611. The van der Waals surface area contributed by atoms with Crippen molar-refractivity contribution in [2.75, 3.05) is 20.2 Å². The van der Waals surface area contributed by atoms with Gasteiger partial charge in [-0.2, -0.15) is 0 Å². The average Bonchev–Trinajstić information content (AvgIpc) is 3.17. The Morgan fingerprint density at radius 1 is 1.26 bits per heavy atom. The van der Waals surface area contributed by atoms with Crippen LogP contribution < -0.4 is 10.5 Å². The Labute approximate surface area is 144 Å². The number of halogens is 1. The third-order valence-electron chi connectivity index (χ3n) is 5.28. The Bertz CT molecular complexity index is 520. The van der Waals surface area contributed by atoms with Crippen LogP contribution in [0.3, 0.4) is 0 Å². The van der Waals surface area contributed by atoms with Gasteiger partial charge in [0.05, 0.1) is 7.11 Å². The molecule has 2 fully saturated rings. The van der Waals surface area contributed by atoms with Gasteiger partial charge in [0, 0.05) is 31.5 Å². The van der Waals surface area contributed by atoms with E-state index in [1.54, 1.807) is 7.11 Å². The van der Waals surface area contributed by atoms with E-state index >= 15 is 0 Å². The molecule has 23 heavy (non-hydrogen) atoms. The molecule has 0 radical (unpaired) electrons. The quantitative estimate of drug-likeness (QED) is 0.918. The highest BCUT2D eigenvalue weighted by Crippen LogP contribution is 2.31. The van der Waals surface area contributed by atoms with E-state index < -0.39 is 0 Å². The number of rotatable bonds is 4. The van der Waals surface area contributed by atoms with Crippen molar-refractivity contribution in [1.82, 2.24) is 4.90 Å². The van der Waals surface area contributed by atoms with E-state index in [1.807, 2.05) is 17.0 Å². The van der Waals surface area contributed by atoms with Gasteiger partial charge >= 0.3 is 0 Å². The summed E-state index contributed by atoms with van der Waals surface area (Å²) >= 11 is 0. The standard InChI is InChI=1S/C18H26N2O2.ClH/c1-22-16-7-5-13(6-8-16)15-9-10-20(12-15)18(21)11-14-3-2-4-17(14)19;/h5-8,14-15,17H,2-4,9-12,19H2,1H3;1H/t14-,15?,17+;/m0./s1. The average molecular weight is 339 g/mol. The van der Waals surface area contributed by atoms with Crippen molar-refractivity contribution >= 4 is 18.3 Å². The Morgan fingerprint density at radius 2 is 2.00 bits per heavy atom. The number of carbonyl (C=O) groups excluding carboxylic acids is 1. The smallest absolute Gasteiger partial charge is 0.222 e. The van der Waals surface area contributed by atoms with Crippen LogP contribution in [0.25, 0.3) is 0 Å².